The molecule has 9 heteroatoms. The first-order chi connectivity index (χ1) is 14.2. The van der Waals surface area contributed by atoms with E-state index in [1.54, 1.807) is 28.6 Å². The van der Waals surface area contributed by atoms with Crippen molar-refractivity contribution in [1.29, 1.82) is 0 Å². The van der Waals surface area contributed by atoms with Gasteiger partial charge in [0.15, 0.2) is 5.16 Å². The van der Waals surface area contributed by atoms with Crippen LogP contribution in [0.25, 0.3) is 16.7 Å². The van der Waals surface area contributed by atoms with Crippen molar-refractivity contribution < 1.29 is 4.74 Å². The van der Waals surface area contributed by atoms with Gasteiger partial charge >= 0.3 is 0 Å². The zero-order valence-corrected chi connectivity index (χ0v) is 17.5. The zero-order valence-electron chi connectivity index (χ0n) is 15.9. The summed E-state index contributed by atoms with van der Waals surface area (Å²) in [4.78, 5) is 17.2. The summed E-state index contributed by atoms with van der Waals surface area (Å²) in [5.41, 5.74) is 1.77. The number of benzene rings is 1. The van der Waals surface area contributed by atoms with Gasteiger partial charge < -0.3 is 4.74 Å². The summed E-state index contributed by atoms with van der Waals surface area (Å²) in [6, 6.07) is 11.3. The lowest BCUT2D eigenvalue weighted by Crippen LogP contribution is -2.24. The highest BCUT2D eigenvalue weighted by atomic mass is 35.5. The first kappa shape index (κ1) is 19.9. The summed E-state index contributed by atoms with van der Waals surface area (Å²) >= 11 is 7.41. The Morgan fingerprint density at radius 3 is 2.83 bits per heavy atom. The van der Waals surface area contributed by atoms with E-state index in [1.807, 2.05) is 41.7 Å². The Morgan fingerprint density at radius 1 is 1.17 bits per heavy atom. The number of hydrogen-bond donors (Lipinski definition) is 0. The molecule has 0 bridgehead atoms. The first-order valence-corrected chi connectivity index (χ1v) is 10.7. The smallest absolute Gasteiger partial charge is 0.262 e. The van der Waals surface area contributed by atoms with E-state index in [1.165, 1.54) is 0 Å². The number of halogens is 1. The maximum atomic E-state index is 13.0. The van der Waals surface area contributed by atoms with Crippen molar-refractivity contribution in [2.24, 2.45) is 0 Å². The molecule has 0 N–H and O–H groups in total. The highest BCUT2D eigenvalue weighted by Gasteiger charge is 2.16. The molecule has 3 aromatic heterocycles. The van der Waals surface area contributed by atoms with Gasteiger partial charge in [0.2, 0.25) is 5.78 Å². The van der Waals surface area contributed by atoms with Crippen LogP contribution in [-0.2, 0) is 17.0 Å². The average Bonchev–Trinajstić information content (AvgIpc) is 3.17. The third-order valence-corrected chi connectivity index (χ3v) is 5.73. The van der Waals surface area contributed by atoms with E-state index in [0.29, 0.717) is 41.8 Å². The van der Waals surface area contributed by atoms with Gasteiger partial charge in [-0.05, 0) is 37.1 Å². The van der Waals surface area contributed by atoms with Crippen LogP contribution in [0.2, 0.25) is 5.15 Å². The molecule has 0 aliphatic heterocycles. The standard InChI is InChI=1S/C20H20ClN5O2S/c1-2-28-11-5-10-25-18(27)15-6-3-4-7-16(15)26-19(25)23-24-20(26)29-13-14-8-9-17(21)22-12-14/h3-4,6-9,12H,2,5,10-11,13H2,1H3. The van der Waals surface area contributed by atoms with Gasteiger partial charge in [-0.1, -0.05) is 41.6 Å². The number of thioether (sulfide) groups is 1. The predicted molar refractivity (Wildman–Crippen MR) is 115 cm³/mol. The summed E-state index contributed by atoms with van der Waals surface area (Å²) in [5, 5.41) is 10.5. The second kappa shape index (κ2) is 8.94. The lowest BCUT2D eigenvalue weighted by Gasteiger charge is -2.11. The molecular weight excluding hydrogens is 410 g/mol. The molecule has 4 aromatic rings. The lowest BCUT2D eigenvalue weighted by molar-refractivity contribution is 0.141. The molecule has 0 saturated heterocycles. The minimum Gasteiger partial charge on any atom is -0.382 e. The molecule has 0 fully saturated rings. The molecule has 150 valence electrons. The summed E-state index contributed by atoms with van der Waals surface area (Å²) in [7, 11) is 0. The number of aryl methyl sites for hydroxylation is 1. The van der Waals surface area contributed by atoms with E-state index in [2.05, 4.69) is 15.2 Å². The Morgan fingerprint density at radius 2 is 2.03 bits per heavy atom. The molecular formula is C20H20ClN5O2S. The van der Waals surface area contributed by atoms with Gasteiger partial charge in [0.25, 0.3) is 5.56 Å². The number of para-hydroxylation sites is 1. The maximum absolute atomic E-state index is 13.0. The Balaban J connectivity index is 1.73. The Bertz CT molecular complexity index is 1190. The second-order valence-corrected chi connectivity index (χ2v) is 7.75. The lowest BCUT2D eigenvalue weighted by atomic mass is 10.2. The predicted octanol–water partition coefficient (Wildman–Crippen LogP) is 3.81. The molecule has 0 amide bonds. The van der Waals surface area contributed by atoms with Gasteiger partial charge in [0.05, 0.1) is 10.9 Å². The van der Waals surface area contributed by atoms with E-state index in [0.717, 1.165) is 22.7 Å². The maximum Gasteiger partial charge on any atom is 0.262 e. The van der Waals surface area contributed by atoms with Crippen molar-refractivity contribution >= 4 is 40.0 Å². The van der Waals surface area contributed by atoms with Crippen LogP contribution in [0.4, 0.5) is 0 Å². The summed E-state index contributed by atoms with van der Waals surface area (Å²) in [5.74, 6) is 1.21. The second-order valence-electron chi connectivity index (χ2n) is 6.42. The topological polar surface area (TPSA) is 74.3 Å². The molecule has 0 radical (unpaired) electrons. The molecule has 0 saturated carbocycles. The number of hydrogen-bond acceptors (Lipinski definition) is 6. The van der Waals surface area contributed by atoms with Crippen LogP contribution in [0.3, 0.4) is 0 Å². The molecule has 29 heavy (non-hydrogen) atoms. The van der Waals surface area contributed by atoms with Crippen molar-refractivity contribution in [2.75, 3.05) is 13.2 Å². The fraction of sp³-hybridized carbons (Fsp3) is 0.300. The monoisotopic (exact) mass is 429 g/mol. The molecule has 1 aromatic carbocycles. The Hall–Kier alpha value is -2.42. The minimum absolute atomic E-state index is 0.0598. The zero-order chi connectivity index (χ0) is 20.2. The summed E-state index contributed by atoms with van der Waals surface area (Å²) < 4.78 is 9.05. The van der Waals surface area contributed by atoms with Gasteiger partial charge in [-0.3, -0.25) is 13.8 Å². The fourth-order valence-electron chi connectivity index (χ4n) is 3.14. The molecule has 7 nitrogen and oxygen atoms in total. The molecule has 3 heterocycles. The molecule has 0 unspecified atom stereocenters. The molecule has 0 aliphatic rings. The molecule has 0 atom stereocenters. The number of fused-ring (bicyclic) bond motifs is 3. The van der Waals surface area contributed by atoms with E-state index in [9.17, 15) is 4.79 Å². The Labute approximate surface area is 176 Å². The third-order valence-electron chi connectivity index (χ3n) is 4.51. The number of aromatic nitrogens is 5. The fourth-order valence-corrected chi connectivity index (χ4v) is 4.12. The van der Waals surface area contributed by atoms with Crippen LogP contribution >= 0.6 is 23.4 Å². The van der Waals surface area contributed by atoms with Crippen LogP contribution in [0.5, 0.6) is 0 Å². The van der Waals surface area contributed by atoms with Crippen LogP contribution in [0.15, 0.2) is 52.5 Å². The average molecular weight is 430 g/mol. The molecule has 0 aliphatic carbocycles. The van der Waals surface area contributed by atoms with Gasteiger partial charge in [0.1, 0.15) is 5.15 Å². The highest BCUT2D eigenvalue weighted by Crippen LogP contribution is 2.24. The number of rotatable bonds is 8. The van der Waals surface area contributed by atoms with E-state index in [-0.39, 0.29) is 5.56 Å². The van der Waals surface area contributed by atoms with E-state index >= 15 is 0 Å². The van der Waals surface area contributed by atoms with Crippen molar-refractivity contribution in [2.45, 2.75) is 30.8 Å². The van der Waals surface area contributed by atoms with E-state index < -0.39 is 0 Å². The Kier molecular flexibility index (Phi) is 6.13. The van der Waals surface area contributed by atoms with Gasteiger partial charge in [0, 0.05) is 31.7 Å². The first-order valence-electron chi connectivity index (χ1n) is 9.36. The van der Waals surface area contributed by atoms with Crippen molar-refractivity contribution in [3.63, 3.8) is 0 Å². The van der Waals surface area contributed by atoms with Crippen molar-refractivity contribution in [1.82, 2.24) is 24.1 Å². The SMILES string of the molecule is CCOCCCn1c(=O)c2ccccc2n2c(SCc3ccc(Cl)nc3)nnc12. The number of nitrogens with zero attached hydrogens (tertiary/aromatic N) is 5. The summed E-state index contributed by atoms with van der Waals surface area (Å²) in [6.45, 7) is 3.74. The van der Waals surface area contributed by atoms with E-state index in [4.69, 9.17) is 16.3 Å². The highest BCUT2D eigenvalue weighted by molar-refractivity contribution is 7.98. The quantitative estimate of drug-likeness (QED) is 0.241. The minimum atomic E-state index is -0.0598. The van der Waals surface area contributed by atoms with Crippen molar-refractivity contribution in [3.05, 3.63) is 63.7 Å². The van der Waals surface area contributed by atoms with Crippen LogP contribution in [-0.4, -0.2) is 37.4 Å². The van der Waals surface area contributed by atoms with Gasteiger partial charge in [-0.25, -0.2) is 4.98 Å². The summed E-state index contributed by atoms with van der Waals surface area (Å²) in [6.07, 6.45) is 2.48. The van der Waals surface area contributed by atoms with Crippen LogP contribution < -0.4 is 5.56 Å². The van der Waals surface area contributed by atoms with Crippen LogP contribution in [0.1, 0.15) is 18.9 Å². The largest absolute Gasteiger partial charge is 0.382 e. The number of pyridine rings is 1. The third kappa shape index (κ3) is 4.14. The number of ether oxygens (including phenoxy) is 1. The normalized spacial score (nSPS) is 11.5. The van der Waals surface area contributed by atoms with Crippen molar-refractivity contribution in [3.8, 4) is 0 Å². The van der Waals surface area contributed by atoms with Crippen LogP contribution in [0, 0.1) is 0 Å². The van der Waals surface area contributed by atoms with Gasteiger partial charge in [-0.15, -0.1) is 10.2 Å². The molecule has 4 rings (SSSR count). The van der Waals surface area contributed by atoms with Gasteiger partial charge in [-0.2, -0.15) is 0 Å². The molecule has 0 spiro atoms.